The topological polar surface area (TPSA) is 9.23 Å². The van der Waals surface area contributed by atoms with Crippen molar-refractivity contribution in [1.82, 2.24) is 0 Å². The van der Waals surface area contributed by atoms with Crippen molar-refractivity contribution in [2.45, 2.75) is 13.5 Å². The number of halogens is 3. The number of hydrogen-bond donors (Lipinski definition) is 0. The normalized spacial score (nSPS) is 9.80. The molecule has 0 fully saturated rings. The first-order chi connectivity index (χ1) is 9.60. The van der Waals surface area contributed by atoms with E-state index in [2.05, 4.69) is 34.4 Å². The highest BCUT2D eigenvalue weighted by Crippen LogP contribution is 2.23. The van der Waals surface area contributed by atoms with Crippen molar-refractivity contribution in [2.24, 2.45) is 0 Å². The molecule has 2 aromatic rings. The Balaban J connectivity index is 2.23. The maximum Gasteiger partial charge on any atom is 0.136 e. The van der Waals surface area contributed by atoms with Gasteiger partial charge in [0.1, 0.15) is 24.0 Å². The van der Waals surface area contributed by atoms with E-state index in [1.54, 1.807) is 19.1 Å². The Morgan fingerprint density at radius 3 is 2.55 bits per heavy atom. The monoisotopic (exact) mass is 384 g/mol. The van der Waals surface area contributed by atoms with E-state index in [9.17, 15) is 8.78 Å². The standard InChI is InChI=1S/C16H11F2IO/c1-2-3-11-4-5-13(17)8-12(11)10-20-16-9-14(18)6-7-15(16)19/h4-9H,10H2,1H3. The van der Waals surface area contributed by atoms with E-state index in [4.69, 9.17) is 4.74 Å². The van der Waals surface area contributed by atoms with Gasteiger partial charge in [-0.1, -0.05) is 5.92 Å². The van der Waals surface area contributed by atoms with Crippen LogP contribution in [0.4, 0.5) is 8.78 Å². The van der Waals surface area contributed by atoms with Gasteiger partial charge in [0, 0.05) is 17.2 Å². The van der Waals surface area contributed by atoms with Gasteiger partial charge in [-0.05, 0) is 59.8 Å². The molecule has 0 aliphatic carbocycles. The molecule has 0 saturated carbocycles. The molecule has 2 aromatic carbocycles. The summed E-state index contributed by atoms with van der Waals surface area (Å²) in [6, 6.07) is 8.66. The zero-order valence-corrected chi connectivity index (χ0v) is 12.9. The molecule has 0 bridgehead atoms. The third-order valence-electron chi connectivity index (χ3n) is 2.60. The largest absolute Gasteiger partial charge is 0.488 e. The van der Waals surface area contributed by atoms with Gasteiger partial charge in [-0.25, -0.2) is 8.78 Å². The highest BCUT2D eigenvalue weighted by atomic mass is 127. The van der Waals surface area contributed by atoms with Crippen molar-refractivity contribution in [1.29, 1.82) is 0 Å². The third kappa shape index (κ3) is 3.70. The van der Waals surface area contributed by atoms with E-state index < -0.39 is 0 Å². The Kier molecular flexibility index (Phi) is 4.96. The molecule has 102 valence electrons. The summed E-state index contributed by atoms with van der Waals surface area (Å²) < 4.78 is 32.8. The molecule has 0 saturated heterocycles. The minimum atomic E-state index is -0.367. The minimum absolute atomic E-state index is 0.140. The first kappa shape index (κ1) is 14.8. The lowest BCUT2D eigenvalue weighted by molar-refractivity contribution is 0.301. The van der Waals surface area contributed by atoms with Crippen LogP contribution < -0.4 is 4.74 Å². The lowest BCUT2D eigenvalue weighted by Crippen LogP contribution is -2.00. The van der Waals surface area contributed by atoms with Gasteiger partial charge in [-0.2, -0.15) is 0 Å². The fourth-order valence-electron chi connectivity index (χ4n) is 1.68. The van der Waals surface area contributed by atoms with E-state index in [1.165, 1.54) is 24.3 Å². The predicted octanol–water partition coefficient (Wildman–Crippen LogP) is 4.52. The molecule has 0 N–H and O–H groups in total. The summed E-state index contributed by atoms with van der Waals surface area (Å²) in [6.07, 6.45) is 0. The van der Waals surface area contributed by atoms with Gasteiger partial charge in [0.05, 0.1) is 3.57 Å². The highest BCUT2D eigenvalue weighted by Gasteiger charge is 2.07. The molecule has 0 spiro atoms. The molecule has 1 nitrogen and oxygen atoms in total. The van der Waals surface area contributed by atoms with Crippen molar-refractivity contribution in [3.63, 3.8) is 0 Å². The third-order valence-corrected chi connectivity index (χ3v) is 3.49. The van der Waals surface area contributed by atoms with Crippen molar-refractivity contribution in [2.75, 3.05) is 0 Å². The van der Waals surface area contributed by atoms with Crippen molar-refractivity contribution in [3.05, 3.63) is 62.7 Å². The summed E-state index contributed by atoms with van der Waals surface area (Å²) in [5.41, 5.74) is 1.35. The van der Waals surface area contributed by atoms with E-state index >= 15 is 0 Å². The molecule has 0 radical (unpaired) electrons. The molecule has 0 aliphatic rings. The molecule has 2 rings (SSSR count). The van der Waals surface area contributed by atoms with Crippen LogP contribution in [0.5, 0.6) is 5.75 Å². The SMILES string of the molecule is CC#Cc1ccc(F)cc1COc1cc(F)ccc1I. The van der Waals surface area contributed by atoms with Crippen LogP contribution in [0.15, 0.2) is 36.4 Å². The van der Waals surface area contributed by atoms with Gasteiger partial charge in [-0.3, -0.25) is 0 Å². The van der Waals surface area contributed by atoms with Crippen LogP contribution in [-0.4, -0.2) is 0 Å². The van der Waals surface area contributed by atoms with Gasteiger partial charge in [0.15, 0.2) is 0 Å². The fourth-order valence-corrected chi connectivity index (χ4v) is 2.17. The van der Waals surface area contributed by atoms with Crippen LogP contribution in [0, 0.1) is 27.0 Å². The average Bonchev–Trinajstić information content (AvgIpc) is 2.42. The molecule has 4 heteroatoms. The van der Waals surface area contributed by atoms with Gasteiger partial charge in [0.25, 0.3) is 0 Å². The predicted molar refractivity (Wildman–Crippen MR) is 82.4 cm³/mol. The van der Waals surface area contributed by atoms with Crippen molar-refractivity contribution >= 4 is 22.6 Å². The zero-order valence-electron chi connectivity index (χ0n) is 10.7. The van der Waals surface area contributed by atoms with E-state index in [0.29, 0.717) is 16.9 Å². The molecular formula is C16H11F2IO. The quantitative estimate of drug-likeness (QED) is 0.559. The van der Waals surface area contributed by atoms with Crippen LogP contribution in [0.25, 0.3) is 0 Å². The summed E-state index contributed by atoms with van der Waals surface area (Å²) in [6.45, 7) is 1.85. The Morgan fingerprint density at radius 2 is 1.80 bits per heavy atom. The maximum atomic E-state index is 13.3. The van der Waals surface area contributed by atoms with Crippen LogP contribution in [-0.2, 0) is 6.61 Å². The second kappa shape index (κ2) is 6.71. The highest BCUT2D eigenvalue weighted by molar-refractivity contribution is 14.1. The molecule has 0 amide bonds. The molecular weight excluding hydrogens is 373 g/mol. The fraction of sp³-hybridized carbons (Fsp3) is 0.125. The minimum Gasteiger partial charge on any atom is -0.488 e. The Labute approximate surface area is 130 Å². The van der Waals surface area contributed by atoms with Crippen LogP contribution in [0.2, 0.25) is 0 Å². The van der Waals surface area contributed by atoms with E-state index in [0.717, 1.165) is 3.57 Å². The molecule has 20 heavy (non-hydrogen) atoms. The summed E-state index contributed by atoms with van der Waals surface area (Å²) in [5, 5.41) is 0. The Hall–Kier alpha value is -1.61. The second-order valence-corrected chi connectivity index (χ2v) is 5.20. The zero-order chi connectivity index (χ0) is 14.5. The van der Waals surface area contributed by atoms with Crippen molar-refractivity contribution in [3.8, 4) is 17.6 Å². The Bertz CT molecular complexity index is 687. The lowest BCUT2D eigenvalue weighted by Gasteiger charge is -2.10. The maximum absolute atomic E-state index is 13.3. The van der Waals surface area contributed by atoms with Gasteiger partial charge >= 0.3 is 0 Å². The smallest absolute Gasteiger partial charge is 0.136 e. The number of rotatable bonds is 3. The molecule has 0 atom stereocenters. The van der Waals surface area contributed by atoms with E-state index in [1.807, 2.05) is 0 Å². The second-order valence-electron chi connectivity index (χ2n) is 4.04. The van der Waals surface area contributed by atoms with Crippen molar-refractivity contribution < 1.29 is 13.5 Å². The van der Waals surface area contributed by atoms with Gasteiger partial charge in [-0.15, -0.1) is 5.92 Å². The van der Waals surface area contributed by atoms with Gasteiger partial charge < -0.3 is 4.74 Å². The summed E-state index contributed by atoms with van der Waals surface area (Å²) in [7, 11) is 0. The van der Waals surface area contributed by atoms with E-state index in [-0.39, 0.29) is 18.2 Å². The number of hydrogen-bond acceptors (Lipinski definition) is 1. The molecule has 0 aliphatic heterocycles. The van der Waals surface area contributed by atoms with Gasteiger partial charge in [0.2, 0.25) is 0 Å². The van der Waals surface area contributed by atoms with Crippen LogP contribution >= 0.6 is 22.6 Å². The summed E-state index contributed by atoms with van der Waals surface area (Å²) >= 11 is 2.06. The van der Waals surface area contributed by atoms with Crippen LogP contribution in [0.1, 0.15) is 18.1 Å². The Morgan fingerprint density at radius 1 is 1.10 bits per heavy atom. The molecule has 0 unspecified atom stereocenters. The molecule has 0 aromatic heterocycles. The first-order valence-corrected chi connectivity index (χ1v) is 6.97. The summed E-state index contributed by atoms with van der Waals surface area (Å²) in [5.74, 6) is 5.39. The number of ether oxygens (including phenoxy) is 1. The lowest BCUT2D eigenvalue weighted by atomic mass is 10.1. The first-order valence-electron chi connectivity index (χ1n) is 5.89. The average molecular weight is 384 g/mol. The summed E-state index contributed by atoms with van der Waals surface area (Å²) in [4.78, 5) is 0. The van der Waals surface area contributed by atoms with Crippen LogP contribution in [0.3, 0.4) is 0 Å². The number of benzene rings is 2. The molecule has 0 heterocycles.